The van der Waals surface area contributed by atoms with E-state index in [4.69, 9.17) is 15.2 Å². The average Bonchev–Trinajstić information content (AvgIpc) is 2.53. The summed E-state index contributed by atoms with van der Waals surface area (Å²) >= 11 is 0. The third kappa shape index (κ3) is 5.98. The minimum atomic E-state index is -2.91. The maximum atomic E-state index is 12.4. The molecule has 9 heteroatoms. The molecule has 1 fully saturated rings. The number of rotatable bonds is 5. The monoisotopic (exact) mass is 443 g/mol. The van der Waals surface area contributed by atoms with Crippen molar-refractivity contribution in [2.75, 3.05) is 33.4 Å². The molecule has 2 rings (SSSR count). The van der Waals surface area contributed by atoms with Crippen LogP contribution >= 0.6 is 24.0 Å². The zero-order valence-electron chi connectivity index (χ0n) is 12.7. The van der Waals surface area contributed by atoms with Crippen LogP contribution in [0.2, 0.25) is 0 Å². The second-order valence-corrected chi connectivity index (χ2v) is 4.64. The van der Waals surface area contributed by atoms with Crippen molar-refractivity contribution in [1.82, 2.24) is 4.90 Å². The minimum absolute atomic E-state index is 0. The molecule has 130 valence electrons. The van der Waals surface area contributed by atoms with Crippen molar-refractivity contribution >= 4 is 29.9 Å². The van der Waals surface area contributed by atoms with Crippen LogP contribution in [0, 0.1) is 0 Å². The Kier molecular flexibility index (Phi) is 8.31. The van der Waals surface area contributed by atoms with Crippen LogP contribution in [0.25, 0.3) is 0 Å². The minimum Gasteiger partial charge on any atom is -0.493 e. The van der Waals surface area contributed by atoms with E-state index in [1.807, 2.05) is 4.90 Å². The Bertz CT molecular complexity index is 526. The lowest BCUT2D eigenvalue weighted by Gasteiger charge is -2.27. The van der Waals surface area contributed by atoms with Crippen LogP contribution in [0.3, 0.4) is 0 Å². The molecule has 1 aromatic carbocycles. The van der Waals surface area contributed by atoms with E-state index in [2.05, 4.69) is 9.73 Å². The topological polar surface area (TPSA) is 69.3 Å². The van der Waals surface area contributed by atoms with Gasteiger partial charge in [-0.15, -0.1) is 24.0 Å². The molecule has 0 radical (unpaired) electrons. The normalized spacial score (nSPS) is 15.3. The number of hydrogen-bond donors (Lipinski definition) is 1. The molecule has 2 N–H and O–H groups in total. The first-order chi connectivity index (χ1) is 10.6. The molecule has 0 amide bonds. The highest BCUT2D eigenvalue weighted by Crippen LogP contribution is 2.29. The number of morpholine rings is 1. The summed E-state index contributed by atoms with van der Waals surface area (Å²) in [7, 11) is 1.39. The van der Waals surface area contributed by atoms with Gasteiger partial charge in [0.25, 0.3) is 0 Å². The van der Waals surface area contributed by atoms with Gasteiger partial charge in [0.15, 0.2) is 17.5 Å². The van der Waals surface area contributed by atoms with Crippen LogP contribution in [0.15, 0.2) is 23.2 Å². The maximum absolute atomic E-state index is 12.4. The fourth-order valence-corrected chi connectivity index (χ4v) is 2.07. The molecular formula is C14H20F2IN3O3. The first-order valence-corrected chi connectivity index (χ1v) is 6.84. The molecule has 1 saturated heterocycles. The molecule has 1 aliphatic heterocycles. The van der Waals surface area contributed by atoms with Gasteiger partial charge in [0.05, 0.1) is 26.9 Å². The Hall–Kier alpha value is -1.36. The van der Waals surface area contributed by atoms with Gasteiger partial charge in [0.1, 0.15) is 0 Å². The van der Waals surface area contributed by atoms with E-state index < -0.39 is 6.61 Å². The molecule has 0 saturated carbocycles. The van der Waals surface area contributed by atoms with E-state index in [-0.39, 0.29) is 42.0 Å². The number of methoxy groups -OCH3 is 1. The summed E-state index contributed by atoms with van der Waals surface area (Å²) in [5.41, 5.74) is 6.62. The van der Waals surface area contributed by atoms with Crippen molar-refractivity contribution < 1.29 is 23.0 Å². The van der Waals surface area contributed by atoms with Gasteiger partial charge in [-0.25, -0.2) is 4.99 Å². The predicted molar refractivity (Wildman–Crippen MR) is 92.8 cm³/mol. The van der Waals surface area contributed by atoms with Gasteiger partial charge in [-0.3, -0.25) is 0 Å². The summed E-state index contributed by atoms with van der Waals surface area (Å²) in [6, 6.07) is 4.77. The average molecular weight is 443 g/mol. The summed E-state index contributed by atoms with van der Waals surface area (Å²) in [6.45, 7) is -0.0237. The van der Waals surface area contributed by atoms with Gasteiger partial charge >= 0.3 is 6.61 Å². The fourth-order valence-electron chi connectivity index (χ4n) is 2.07. The van der Waals surface area contributed by atoms with E-state index in [0.29, 0.717) is 37.8 Å². The number of ether oxygens (including phenoxy) is 3. The summed E-state index contributed by atoms with van der Waals surface area (Å²) in [6.07, 6.45) is 0. The molecule has 23 heavy (non-hydrogen) atoms. The number of benzene rings is 1. The van der Waals surface area contributed by atoms with Gasteiger partial charge in [-0.2, -0.15) is 8.78 Å². The highest BCUT2D eigenvalue weighted by atomic mass is 127. The number of nitrogens with two attached hydrogens (primary N) is 1. The summed E-state index contributed by atoms with van der Waals surface area (Å²) < 4.78 is 39.4. The number of aliphatic imine (C=N–C) groups is 1. The van der Waals surface area contributed by atoms with Gasteiger partial charge in [-0.05, 0) is 17.7 Å². The van der Waals surface area contributed by atoms with Crippen LogP contribution in [0.5, 0.6) is 11.5 Å². The number of guanidine groups is 1. The van der Waals surface area contributed by atoms with Crippen molar-refractivity contribution in [2.45, 2.75) is 13.2 Å². The van der Waals surface area contributed by atoms with Crippen LogP contribution in [-0.4, -0.2) is 50.9 Å². The molecule has 0 aromatic heterocycles. The van der Waals surface area contributed by atoms with Crippen LogP contribution < -0.4 is 15.2 Å². The summed E-state index contributed by atoms with van der Waals surface area (Å²) in [5, 5.41) is 0. The van der Waals surface area contributed by atoms with Gasteiger partial charge in [-0.1, -0.05) is 6.07 Å². The lowest BCUT2D eigenvalue weighted by Crippen LogP contribution is -2.44. The van der Waals surface area contributed by atoms with Crippen LogP contribution in [0.1, 0.15) is 5.56 Å². The lowest BCUT2D eigenvalue weighted by molar-refractivity contribution is -0.0512. The van der Waals surface area contributed by atoms with Gasteiger partial charge < -0.3 is 24.8 Å². The highest BCUT2D eigenvalue weighted by molar-refractivity contribution is 14.0. The third-order valence-electron chi connectivity index (χ3n) is 3.20. The molecule has 0 spiro atoms. The second kappa shape index (κ2) is 9.71. The van der Waals surface area contributed by atoms with E-state index in [1.165, 1.54) is 13.2 Å². The standard InChI is InChI=1S/C14H19F2N3O3.HI/c1-20-11-3-2-10(8-12(11)22-13(15)16)9-18-14(17)19-4-6-21-7-5-19;/h2-3,8,13H,4-7,9H2,1H3,(H2,17,18);1H. The highest BCUT2D eigenvalue weighted by Gasteiger charge is 2.13. The quantitative estimate of drug-likeness (QED) is 0.429. The zero-order valence-corrected chi connectivity index (χ0v) is 15.0. The largest absolute Gasteiger partial charge is 0.493 e. The molecule has 1 aromatic rings. The van der Waals surface area contributed by atoms with Crippen LogP contribution in [0.4, 0.5) is 8.78 Å². The molecule has 6 nitrogen and oxygen atoms in total. The smallest absolute Gasteiger partial charge is 0.387 e. The van der Waals surface area contributed by atoms with Crippen molar-refractivity contribution in [1.29, 1.82) is 0 Å². The first-order valence-electron chi connectivity index (χ1n) is 6.84. The number of nitrogens with zero attached hydrogens (tertiary/aromatic N) is 2. The molecule has 0 atom stereocenters. The molecule has 1 aliphatic rings. The van der Waals surface area contributed by atoms with Crippen molar-refractivity contribution in [3.8, 4) is 11.5 Å². The Morgan fingerprint density at radius 2 is 2.04 bits per heavy atom. The fraction of sp³-hybridized carbons (Fsp3) is 0.500. The van der Waals surface area contributed by atoms with E-state index in [0.717, 1.165) is 0 Å². The van der Waals surface area contributed by atoms with E-state index in [9.17, 15) is 8.78 Å². The maximum Gasteiger partial charge on any atom is 0.387 e. The van der Waals surface area contributed by atoms with Crippen molar-refractivity contribution in [3.63, 3.8) is 0 Å². The second-order valence-electron chi connectivity index (χ2n) is 4.64. The summed E-state index contributed by atoms with van der Waals surface area (Å²) in [5.74, 6) is 0.639. The van der Waals surface area contributed by atoms with E-state index in [1.54, 1.807) is 12.1 Å². The zero-order chi connectivity index (χ0) is 15.9. The number of alkyl halides is 2. The summed E-state index contributed by atoms with van der Waals surface area (Å²) in [4.78, 5) is 6.19. The van der Waals surface area contributed by atoms with Gasteiger partial charge in [0.2, 0.25) is 0 Å². The number of hydrogen-bond acceptors (Lipinski definition) is 4. The predicted octanol–water partition coefficient (Wildman–Crippen LogP) is 2.06. The Labute approximate surface area is 150 Å². The Morgan fingerprint density at radius 1 is 1.35 bits per heavy atom. The Morgan fingerprint density at radius 3 is 2.65 bits per heavy atom. The molecule has 1 heterocycles. The molecular weight excluding hydrogens is 423 g/mol. The molecule has 0 aliphatic carbocycles. The first kappa shape index (κ1) is 19.7. The van der Waals surface area contributed by atoms with Crippen molar-refractivity contribution in [3.05, 3.63) is 23.8 Å². The van der Waals surface area contributed by atoms with Crippen LogP contribution in [-0.2, 0) is 11.3 Å². The molecule has 0 unspecified atom stereocenters. The lowest BCUT2D eigenvalue weighted by atomic mass is 10.2. The Balaban J connectivity index is 0.00000264. The SMILES string of the molecule is COc1ccc(CN=C(N)N2CCOCC2)cc1OC(F)F.I. The van der Waals surface area contributed by atoms with Crippen molar-refractivity contribution in [2.24, 2.45) is 10.7 Å². The van der Waals surface area contributed by atoms with Gasteiger partial charge in [0, 0.05) is 13.1 Å². The number of halogens is 3. The van der Waals surface area contributed by atoms with E-state index >= 15 is 0 Å². The third-order valence-corrected chi connectivity index (χ3v) is 3.20. The molecule has 0 bridgehead atoms.